The number of amides is 1. The quantitative estimate of drug-likeness (QED) is 0.649. The average molecular weight is 355 g/mol. The highest BCUT2D eigenvalue weighted by molar-refractivity contribution is 6.30. The highest BCUT2D eigenvalue weighted by Crippen LogP contribution is 2.23. The van der Waals surface area contributed by atoms with Gasteiger partial charge in [-0.1, -0.05) is 42.9 Å². The summed E-state index contributed by atoms with van der Waals surface area (Å²) >= 11 is 5.76. The summed E-state index contributed by atoms with van der Waals surface area (Å²) in [6.45, 7) is 2.92. The van der Waals surface area contributed by atoms with E-state index in [0.29, 0.717) is 22.7 Å². The standard InChI is InChI=1S/C18H24ClFN2O2/c1-3-4-5-6-9-22(2)18(23)12-14-11-17(21-24-14)15-8-7-13(19)10-16(15)20/h7-8,10,14H,3-6,9,11-12H2,1-2H3. The lowest BCUT2D eigenvalue weighted by atomic mass is 10.0. The third kappa shape index (κ3) is 5.20. The van der Waals surface area contributed by atoms with Gasteiger partial charge in [0.25, 0.3) is 0 Å². The molecule has 0 spiro atoms. The lowest BCUT2D eigenvalue weighted by molar-refractivity contribution is -0.132. The third-order valence-corrected chi connectivity index (χ3v) is 4.39. The van der Waals surface area contributed by atoms with Crippen molar-refractivity contribution in [1.82, 2.24) is 4.90 Å². The van der Waals surface area contributed by atoms with Gasteiger partial charge in [0.05, 0.1) is 12.1 Å². The summed E-state index contributed by atoms with van der Waals surface area (Å²) in [7, 11) is 1.81. The van der Waals surface area contributed by atoms with Crippen molar-refractivity contribution < 1.29 is 14.0 Å². The molecule has 2 rings (SSSR count). The summed E-state index contributed by atoms with van der Waals surface area (Å²) in [5.41, 5.74) is 0.898. The molecule has 1 aromatic rings. The van der Waals surface area contributed by atoms with Gasteiger partial charge in [0.1, 0.15) is 11.9 Å². The Labute approximate surface area is 147 Å². The van der Waals surface area contributed by atoms with Gasteiger partial charge in [-0.05, 0) is 24.6 Å². The van der Waals surface area contributed by atoms with E-state index >= 15 is 0 Å². The average Bonchev–Trinajstić information content (AvgIpc) is 2.99. The summed E-state index contributed by atoms with van der Waals surface area (Å²) in [4.78, 5) is 19.3. The molecular formula is C18H24ClFN2O2. The minimum atomic E-state index is -0.426. The number of carbonyl (C=O) groups is 1. The summed E-state index contributed by atoms with van der Waals surface area (Å²) in [5, 5.41) is 4.28. The van der Waals surface area contributed by atoms with Crippen LogP contribution in [0.3, 0.4) is 0 Å². The van der Waals surface area contributed by atoms with Gasteiger partial charge in [0.15, 0.2) is 0 Å². The van der Waals surface area contributed by atoms with E-state index in [9.17, 15) is 9.18 Å². The van der Waals surface area contributed by atoms with Crippen LogP contribution in [0.2, 0.25) is 5.02 Å². The minimum absolute atomic E-state index is 0.0320. The smallest absolute Gasteiger partial charge is 0.226 e. The second kappa shape index (κ2) is 9.02. The molecule has 1 amide bonds. The number of nitrogens with zero attached hydrogens (tertiary/aromatic N) is 2. The molecule has 1 heterocycles. The Morgan fingerprint density at radius 2 is 2.21 bits per heavy atom. The molecule has 0 radical (unpaired) electrons. The molecule has 1 aromatic carbocycles. The maximum absolute atomic E-state index is 13.9. The fourth-order valence-electron chi connectivity index (χ4n) is 2.67. The molecule has 0 aromatic heterocycles. The van der Waals surface area contributed by atoms with Gasteiger partial charge >= 0.3 is 0 Å². The van der Waals surface area contributed by atoms with E-state index in [1.54, 1.807) is 17.0 Å². The van der Waals surface area contributed by atoms with Crippen molar-refractivity contribution in [2.75, 3.05) is 13.6 Å². The predicted molar refractivity (Wildman–Crippen MR) is 93.8 cm³/mol. The van der Waals surface area contributed by atoms with Gasteiger partial charge in [-0.25, -0.2) is 4.39 Å². The maximum atomic E-state index is 13.9. The van der Waals surface area contributed by atoms with Crippen molar-refractivity contribution in [3.63, 3.8) is 0 Å². The van der Waals surface area contributed by atoms with Crippen molar-refractivity contribution in [3.8, 4) is 0 Å². The van der Waals surface area contributed by atoms with Crippen molar-refractivity contribution in [2.45, 2.75) is 51.6 Å². The zero-order valence-corrected chi connectivity index (χ0v) is 15.0. The van der Waals surface area contributed by atoms with Crippen LogP contribution in [0, 0.1) is 5.82 Å². The molecule has 132 valence electrons. The van der Waals surface area contributed by atoms with Crippen LogP contribution >= 0.6 is 11.6 Å². The maximum Gasteiger partial charge on any atom is 0.226 e. The highest BCUT2D eigenvalue weighted by atomic mass is 35.5. The number of benzene rings is 1. The van der Waals surface area contributed by atoms with Crippen LogP contribution in [0.15, 0.2) is 23.4 Å². The predicted octanol–water partition coefficient (Wildman–Crippen LogP) is 4.40. The molecule has 0 fully saturated rings. The van der Waals surface area contributed by atoms with Gasteiger partial charge in [-0.15, -0.1) is 0 Å². The van der Waals surface area contributed by atoms with E-state index in [2.05, 4.69) is 12.1 Å². The monoisotopic (exact) mass is 354 g/mol. The number of halogens is 2. The molecule has 24 heavy (non-hydrogen) atoms. The molecule has 0 bridgehead atoms. The van der Waals surface area contributed by atoms with Gasteiger partial charge in [-0.2, -0.15) is 0 Å². The molecule has 6 heteroatoms. The third-order valence-electron chi connectivity index (χ3n) is 4.15. The Morgan fingerprint density at radius 1 is 1.42 bits per heavy atom. The van der Waals surface area contributed by atoms with Crippen LogP contribution in [-0.2, 0) is 9.63 Å². The summed E-state index contributed by atoms with van der Waals surface area (Å²) in [6.07, 6.45) is 4.87. The number of carbonyl (C=O) groups excluding carboxylic acids is 1. The van der Waals surface area contributed by atoms with Crippen LogP contribution < -0.4 is 0 Å². The molecule has 0 N–H and O–H groups in total. The molecule has 0 saturated carbocycles. The van der Waals surface area contributed by atoms with Crippen LogP contribution in [0.4, 0.5) is 4.39 Å². The van der Waals surface area contributed by atoms with E-state index < -0.39 is 5.82 Å². The normalized spacial score (nSPS) is 16.7. The Hall–Kier alpha value is -1.62. The van der Waals surface area contributed by atoms with Crippen molar-refractivity contribution in [1.29, 1.82) is 0 Å². The van der Waals surface area contributed by atoms with Crippen molar-refractivity contribution in [3.05, 3.63) is 34.6 Å². The summed E-state index contributed by atoms with van der Waals surface area (Å²) in [5.74, 6) is -0.394. The molecule has 1 aliphatic rings. The first kappa shape index (κ1) is 18.7. The first-order valence-electron chi connectivity index (χ1n) is 8.43. The number of hydrogen-bond acceptors (Lipinski definition) is 3. The van der Waals surface area contributed by atoms with Crippen molar-refractivity contribution >= 4 is 23.2 Å². The van der Waals surface area contributed by atoms with Crippen LogP contribution in [0.25, 0.3) is 0 Å². The van der Waals surface area contributed by atoms with Gasteiger partial charge in [0.2, 0.25) is 5.91 Å². The van der Waals surface area contributed by atoms with Gasteiger partial charge in [0, 0.05) is 30.6 Å². The van der Waals surface area contributed by atoms with E-state index in [1.165, 1.54) is 18.9 Å². The van der Waals surface area contributed by atoms with Crippen LogP contribution in [0.1, 0.15) is 51.0 Å². The zero-order valence-electron chi connectivity index (χ0n) is 14.2. The number of oxime groups is 1. The van der Waals surface area contributed by atoms with Crippen LogP contribution in [0.5, 0.6) is 0 Å². The first-order chi connectivity index (χ1) is 11.5. The largest absolute Gasteiger partial charge is 0.391 e. The fraction of sp³-hybridized carbons (Fsp3) is 0.556. The molecule has 1 atom stereocenters. The summed E-state index contributed by atoms with van der Waals surface area (Å²) < 4.78 is 13.9. The zero-order chi connectivity index (χ0) is 17.5. The minimum Gasteiger partial charge on any atom is -0.391 e. The van der Waals surface area contributed by atoms with Crippen molar-refractivity contribution in [2.24, 2.45) is 5.16 Å². The number of rotatable bonds is 8. The van der Waals surface area contributed by atoms with Gasteiger partial charge in [-0.3, -0.25) is 4.79 Å². The Morgan fingerprint density at radius 3 is 2.92 bits per heavy atom. The Kier molecular flexibility index (Phi) is 7.03. The number of unbranched alkanes of at least 4 members (excludes halogenated alkanes) is 3. The molecule has 1 unspecified atom stereocenters. The lowest BCUT2D eigenvalue weighted by Crippen LogP contribution is -2.31. The molecule has 0 saturated heterocycles. The van der Waals surface area contributed by atoms with E-state index in [4.69, 9.17) is 16.4 Å². The summed E-state index contributed by atoms with van der Waals surface area (Å²) in [6, 6.07) is 4.46. The van der Waals surface area contributed by atoms with Crippen LogP contribution in [-0.4, -0.2) is 36.2 Å². The Balaban J connectivity index is 1.81. The van der Waals surface area contributed by atoms with E-state index in [-0.39, 0.29) is 18.4 Å². The molecule has 1 aliphatic heterocycles. The molecule has 0 aliphatic carbocycles. The second-order valence-electron chi connectivity index (χ2n) is 6.17. The Bertz CT molecular complexity index is 607. The van der Waals surface area contributed by atoms with Gasteiger partial charge < -0.3 is 9.74 Å². The topological polar surface area (TPSA) is 41.9 Å². The highest BCUT2D eigenvalue weighted by Gasteiger charge is 2.27. The lowest BCUT2D eigenvalue weighted by Gasteiger charge is -2.18. The van der Waals surface area contributed by atoms with E-state index in [1.807, 2.05) is 7.05 Å². The fourth-order valence-corrected chi connectivity index (χ4v) is 2.83. The SMILES string of the molecule is CCCCCCN(C)C(=O)CC1CC(c2ccc(Cl)cc2F)=NO1. The first-order valence-corrected chi connectivity index (χ1v) is 8.81. The number of hydrogen-bond donors (Lipinski definition) is 0. The molecular weight excluding hydrogens is 331 g/mol. The second-order valence-corrected chi connectivity index (χ2v) is 6.61. The van der Waals surface area contributed by atoms with E-state index in [0.717, 1.165) is 19.4 Å². The molecule has 4 nitrogen and oxygen atoms in total.